The van der Waals surface area contributed by atoms with Crippen LogP contribution in [0.5, 0.6) is 5.75 Å². The highest BCUT2D eigenvalue weighted by molar-refractivity contribution is 14.1. The molecular weight excluding hydrogens is 562 g/mol. The van der Waals surface area contributed by atoms with Crippen molar-refractivity contribution in [1.82, 2.24) is 9.97 Å². The summed E-state index contributed by atoms with van der Waals surface area (Å²) in [5.74, 6) is 1.56. The zero-order valence-electron chi connectivity index (χ0n) is 17.5. The van der Waals surface area contributed by atoms with E-state index in [1.807, 2.05) is 12.1 Å². The Labute approximate surface area is 204 Å². The quantitative estimate of drug-likeness (QED) is 0.435. The number of aliphatic hydroxyl groups is 1. The molecule has 0 bridgehead atoms. The molecule has 0 aliphatic carbocycles. The number of fused-ring (bicyclic) bond motifs is 1. The molecule has 1 aromatic heterocycles. The van der Waals surface area contributed by atoms with Crippen LogP contribution in [0.15, 0.2) is 41.0 Å². The first-order valence-corrected chi connectivity index (χ1v) is 13.5. The van der Waals surface area contributed by atoms with Crippen molar-refractivity contribution in [2.75, 3.05) is 30.0 Å². The molecule has 174 valence electrons. The highest BCUT2D eigenvalue weighted by Gasteiger charge is 2.29. The Morgan fingerprint density at radius 1 is 1.21 bits per heavy atom. The van der Waals surface area contributed by atoms with Crippen molar-refractivity contribution in [3.8, 4) is 5.75 Å². The molecule has 2 saturated heterocycles. The molecule has 2 N–H and O–H groups in total. The number of nitrogens with zero attached hydrogens (tertiary/aromatic N) is 3. The van der Waals surface area contributed by atoms with Gasteiger partial charge in [-0.1, -0.05) is 0 Å². The summed E-state index contributed by atoms with van der Waals surface area (Å²) in [4.78, 5) is 8.76. The highest BCUT2D eigenvalue weighted by Crippen LogP contribution is 2.35. The molecule has 0 spiro atoms. The van der Waals surface area contributed by atoms with Crippen LogP contribution in [-0.4, -0.2) is 56.2 Å². The monoisotopic (exact) mass is 584 g/mol. The molecule has 11 heteroatoms. The average molecular weight is 584 g/mol. The van der Waals surface area contributed by atoms with Gasteiger partial charge in [0.05, 0.1) is 45.2 Å². The van der Waals surface area contributed by atoms with Gasteiger partial charge in [-0.2, -0.15) is 4.36 Å². The molecule has 0 saturated carbocycles. The first-order valence-electron chi connectivity index (χ1n) is 10.6. The lowest BCUT2D eigenvalue weighted by atomic mass is 10.2. The fraction of sp³-hybridized carbons (Fsp3) is 0.364. The minimum atomic E-state index is -2.20. The maximum absolute atomic E-state index is 14.0. The summed E-state index contributed by atoms with van der Waals surface area (Å²) >= 11 is 2.19. The summed E-state index contributed by atoms with van der Waals surface area (Å²) in [6.45, 7) is 0.401. The van der Waals surface area contributed by atoms with Gasteiger partial charge in [-0.15, -0.1) is 0 Å². The summed E-state index contributed by atoms with van der Waals surface area (Å²) < 4.78 is 43.3. The standard InChI is InChI=1S/C22H22FIN4O4S/c23-13-3-4-16(19(7-13)32-20-11-31-10-18(20)29)27-22-21-15(24)8-14(9-17(21)25-12-26-22)28-33(30)5-1-2-6-33/h3-4,7-9,12,18,20,29H,1-2,5-6,10-11H2,(H,25,26,27)/t18-,20+/m1/s1. The largest absolute Gasteiger partial charge is 0.483 e. The van der Waals surface area contributed by atoms with E-state index < -0.39 is 27.8 Å². The van der Waals surface area contributed by atoms with Crippen LogP contribution in [0.4, 0.5) is 21.6 Å². The summed E-state index contributed by atoms with van der Waals surface area (Å²) in [6, 6.07) is 7.82. The Hall–Kier alpha value is -2.09. The van der Waals surface area contributed by atoms with Gasteiger partial charge in [0.1, 0.15) is 29.8 Å². The van der Waals surface area contributed by atoms with E-state index in [1.54, 1.807) is 6.07 Å². The molecule has 3 aromatic rings. The fourth-order valence-electron chi connectivity index (χ4n) is 3.94. The third-order valence-electron chi connectivity index (χ3n) is 5.60. The highest BCUT2D eigenvalue weighted by atomic mass is 127. The van der Waals surface area contributed by atoms with Crippen LogP contribution in [0.2, 0.25) is 0 Å². The first-order chi connectivity index (χ1) is 15.9. The number of hydrogen-bond donors (Lipinski definition) is 2. The Morgan fingerprint density at radius 2 is 2.03 bits per heavy atom. The second kappa shape index (κ2) is 9.28. The Kier molecular flexibility index (Phi) is 6.38. The van der Waals surface area contributed by atoms with Gasteiger partial charge in [0.2, 0.25) is 0 Å². The lowest BCUT2D eigenvalue weighted by Gasteiger charge is -2.19. The molecule has 2 aliphatic heterocycles. The number of rotatable bonds is 5. The molecule has 2 fully saturated rings. The van der Waals surface area contributed by atoms with Crippen LogP contribution < -0.4 is 10.1 Å². The number of nitrogens with one attached hydrogen (secondary N) is 1. The van der Waals surface area contributed by atoms with Crippen molar-refractivity contribution < 1.29 is 23.2 Å². The van der Waals surface area contributed by atoms with Crippen LogP contribution in [0.3, 0.4) is 0 Å². The van der Waals surface area contributed by atoms with Crippen LogP contribution in [0.25, 0.3) is 10.9 Å². The molecule has 2 atom stereocenters. The van der Waals surface area contributed by atoms with Gasteiger partial charge in [-0.25, -0.2) is 18.6 Å². The Morgan fingerprint density at radius 3 is 2.79 bits per heavy atom. The fourth-order valence-corrected chi connectivity index (χ4v) is 6.98. The van der Waals surface area contributed by atoms with Gasteiger partial charge >= 0.3 is 0 Å². The summed E-state index contributed by atoms with van der Waals surface area (Å²) in [5, 5.41) is 14.0. The zero-order chi connectivity index (χ0) is 23.0. The number of anilines is 2. The van der Waals surface area contributed by atoms with Crippen molar-refractivity contribution in [3.63, 3.8) is 0 Å². The lowest BCUT2D eigenvalue weighted by Crippen LogP contribution is -2.30. The smallest absolute Gasteiger partial charge is 0.150 e. The van der Waals surface area contributed by atoms with E-state index in [0.717, 1.165) is 21.8 Å². The van der Waals surface area contributed by atoms with Crippen molar-refractivity contribution in [3.05, 3.63) is 46.0 Å². The number of ether oxygens (including phenoxy) is 2. The first kappa shape index (κ1) is 22.7. The van der Waals surface area contributed by atoms with Crippen LogP contribution in [0, 0.1) is 9.39 Å². The lowest BCUT2D eigenvalue weighted by molar-refractivity contribution is 0.0736. The molecule has 33 heavy (non-hydrogen) atoms. The van der Waals surface area contributed by atoms with E-state index in [2.05, 4.69) is 42.2 Å². The zero-order valence-corrected chi connectivity index (χ0v) is 20.5. The predicted octanol–water partition coefficient (Wildman–Crippen LogP) is 4.15. The molecule has 3 heterocycles. The van der Waals surface area contributed by atoms with E-state index in [-0.39, 0.29) is 19.0 Å². The Bertz CT molecular complexity index is 1320. The van der Waals surface area contributed by atoms with E-state index in [9.17, 15) is 13.7 Å². The van der Waals surface area contributed by atoms with Gasteiger partial charge < -0.3 is 19.9 Å². The minimum Gasteiger partial charge on any atom is -0.483 e. The van der Waals surface area contributed by atoms with Gasteiger partial charge in [0.25, 0.3) is 0 Å². The summed E-state index contributed by atoms with van der Waals surface area (Å²) in [5.41, 5.74) is 1.79. The molecule has 8 nitrogen and oxygen atoms in total. The van der Waals surface area contributed by atoms with E-state index in [0.29, 0.717) is 34.2 Å². The van der Waals surface area contributed by atoms with Crippen molar-refractivity contribution in [2.45, 2.75) is 25.0 Å². The van der Waals surface area contributed by atoms with E-state index in [4.69, 9.17) is 9.47 Å². The molecule has 2 aromatic carbocycles. The number of benzene rings is 2. The second-order valence-electron chi connectivity index (χ2n) is 8.05. The topological polar surface area (TPSA) is 106 Å². The number of aromatic nitrogens is 2. The van der Waals surface area contributed by atoms with E-state index in [1.165, 1.54) is 18.5 Å². The summed E-state index contributed by atoms with van der Waals surface area (Å²) in [7, 11) is -2.20. The van der Waals surface area contributed by atoms with Crippen LogP contribution >= 0.6 is 22.6 Å². The van der Waals surface area contributed by atoms with Crippen LogP contribution in [-0.2, 0) is 14.5 Å². The molecule has 0 amide bonds. The number of hydrogen-bond acceptors (Lipinski definition) is 8. The van der Waals surface area contributed by atoms with E-state index >= 15 is 0 Å². The third kappa shape index (κ3) is 4.91. The maximum Gasteiger partial charge on any atom is 0.150 e. The molecule has 5 rings (SSSR count). The summed E-state index contributed by atoms with van der Waals surface area (Å²) in [6.07, 6.45) is 1.94. The van der Waals surface area contributed by atoms with Crippen LogP contribution in [0.1, 0.15) is 12.8 Å². The average Bonchev–Trinajstić information content (AvgIpc) is 3.38. The molecular formula is C22H22FIN4O4S. The number of aliphatic hydroxyl groups excluding tert-OH is 1. The number of halogens is 2. The minimum absolute atomic E-state index is 0.178. The van der Waals surface area contributed by atoms with Crippen molar-refractivity contribution in [2.24, 2.45) is 4.36 Å². The van der Waals surface area contributed by atoms with Crippen molar-refractivity contribution >= 4 is 60.4 Å². The van der Waals surface area contributed by atoms with Gasteiger partial charge in [0.15, 0.2) is 6.10 Å². The molecule has 2 aliphatic rings. The molecule has 0 unspecified atom stereocenters. The SMILES string of the molecule is O=S1(=Nc2cc(I)c3c(Nc4ccc(F)cc4O[C@H]4COC[C@H]4O)ncnc3c2)CCCC1. The second-order valence-corrected chi connectivity index (χ2v) is 11.8. The predicted molar refractivity (Wildman–Crippen MR) is 132 cm³/mol. The normalized spacial score (nSPS) is 21.9. The maximum atomic E-state index is 14.0. The van der Waals surface area contributed by atoms with Gasteiger partial charge in [0, 0.05) is 21.1 Å². The van der Waals surface area contributed by atoms with Gasteiger partial charge in [-0.3, -0.25) is 0 Å². The van der Waals surface area contributed by atoms with Crippen molar-refractivity contribution in [1.29, 1.82) is 0 Å². The molecule has 0 radical (unpaired) electrons. The third-order valence-corrected chi connectivity index (χ3v) is 8.85. The van der Waals surface area contributed by atoms with Gasteiger partial charge in [-0.05, 0) is 59.7 Å². The Balaban J connectivity index is 1.50.